The molecule has 0 fully saturated rings. The molecule has 0 radical (unpaired) electrons. The molecule has 0 saturated carbocycles. The highest BCUT2D eigenvalue weighted by Crippen LogP contribution is 2.54. The molecule has 4 aliphatic rings. The van der Waals surface area contributed by atoms with Crippen molar-refractivity contribution in [3.63, 3.8) is 0 Å². The van der Waals surface area contributed by atoms with E-state index >= 15 is 0 Å². The van der Waals surface area contributed by atoms with Crippen LogP contribution in [0.2, 0.25) is 0 Å². The molecule has 17 aromatic carbocycles. The van der Waals surface area contributed by atoms with E-state index in [9.17, 15) is 0 Å². The molecule has 0 amide bonds. The first kappa shape index (κ1) is 66.4. The number of hydrogen-bond acceptors (Lipinski definition) is 4. The highest BCUT2D eigenvalue weighted by Gasteiger charge is 2.36. The second kappa shape index (κ2) is 25.8. The molecule has 22 aromatic rings. The zero-order chi connectivity index (χ0) is 78.4. The van der Waals surface area contributed by atoms with E-state index in [1.54, 1.807) is 0 Å². The van der Waals surface area contributed by atoms with Crippen LogP contribution in [0.15, 0.2) is 410 Å². The molecule has 1 aliphatic heterocycles. The maximum atomic E-state index is 6.04. The van der Waals surface area contributed by atoms with E-state index in [1.807, 2.05) is 12.1 Å². The molecule has 8 nitrogen and oxygen atoms in total. The molecule has 26 rings (SSSR count). The van der Waals surface area contributed by atoms with Gasteiger partial charge in [0.15, 0.2) is 11.7 Å². The Kier molecular flexibility index (Phi) is 14.3. The molecule has 0 spiro atoms. The highest BCUT2D eigenvalue weighted by molar-refractivity contribution is 6.51. The molecular formula is C112H68N8. The van der Waals surface area contributed by atoms with E-state index < -0.39 is 0 Å². The smallest absolute Gasteiger partial charge is 0.165 e. The summed E-state index contributed by atoms with van der Waals surface area (Å²) in [6.45, 7) is 0. The van der Waals surface area contributed by atoms with Crippen molar-refractivity contribution < 1.29 is 0 Å². The van der Waals surface area contributed by atoms with E-state index in [1.165, 1.54) is 126 Å². The second-order valence-corrected chi connectivity index (χ2v) is 32.1. The van der Waals surface area contributed by atoms with Crippen LogP contribution in [0.5, 0.6) is 0 Å². The van der Waals surface area contributed by atoms with E-state index in [2.05, 4.69) is 407 Å². The van der Waals surface area contributed by atoms with Gasteiger partial charge in [-0.3, -0.25) is 19.1 Å². The molecule has 0 bridgehead atoms. The van der Waals surface area contributed by atoms with Gasteiger partial charge in [0.2, 0.25) is 0 Å². The number of rotatable bonds is 10. The number of benzene rings is 17. The average molecular weight is 1530 g/mol. The Hall–Kier alpha value is -15.9. The van der Waals surface area contributed by atoms with Gasteiger partial charge in [0.1, 0.15) is 11.4 Å². The van der Waals surface area contributed by atoms with Crippen molar-refractivity contribution in [2.45, 2.75) is 12.1 Å². The maximum absolute atomic E-state index is 6.04. The fourth-order valence-corrected chi connectivity index (χ4v) is 20.7. The fraction of sp³-hybridized carbons (Fsp3) is 0.0179. The number of para-hydroxylation sites is 5. The normalized spacial score (nSPS) is 15.1. The Labute approximate surface area is 689 Å². The Morgan fingerprint density at radius 2 is 0.650 bits per heavy atom. The van der Waals surface area contributed by atoms with Gasteiger partial charge in [-0.25, -0.2) is 9.97 Å². The Morgan fingerprint density at radius 3 is 1.23 bits per heavy atom. The number of fused-ring (bicyclic) bond motifs is 8. The van der Waals surface area contributed by atoms with Crippen LogP contribution in [0, 0.1) is 0 Å². The lowest BCUT2D eigenvalue weighted by molar-refractivity contribution is 0.695. The molecular weight excluding hydrogens is 1460 g/mol. The van der Waals surface area contributed by atoms with Gasteiger partial charge >= 0.3 is 0 Å². The summed E-state index contributed by atoms with van der Waals surface area (Å²) in [5.41, 5.74) is 32.9. The van der Waals surface area contributed by atoms with Crippen LogP contribution < -0.4 is 0 Å². The molecule has 120 heavy (non-hydrogen) atoms. The molecule has 8 heteroatoms. The van der Waals surface area contributed by atoms with Crippen molar-refractivity contribution in [3.8, 4) is 28.5 Å². The summed E-state index contributed by atoms with van der Waals surface area (Å²) < 4.78 is 9.67. The van der Waals surface area contributed by atoms with Crippen molar-refractivity contribution in [2.24, 2.45) is 9.98 Å². The quantitative estimate of drug-likeness (QED) is 0.137. The minimum absolute atomic E-state index is 0.234. The van der Waals surface area contributed by atoms with Crippen molar-refractivity contribution in [1.29, 1.82) is 0 Å². The summed E-state index contributed by atoms with van der Waals surface area (Å²) in [5.74, 6) is 1.63. The summed E-state index contributed by atoms with van der Waals surface area (Å²) in [5, 5.41) is 14.4. The van der Waals surface area contributed by atoms with Gasteiger partial charge in [-0.15, -0.1) is 0 Å². The van der Waals surface area contributed by atoms with Crippen LogP contribution in [0.4, 0.5) is 0 Å². The lowest BCUT2D eigenvalue weighted by atomic mass is 9.85. The Bertz CT molecular complexity index is 8420. The number of aliphatic imine (C=N–C) groups is 2. The van der Waals surface area contributed by atoms with Crippen molar-refractivity contribution in [1.82, 2.24) is 28.2 Å². The number of aromatic nitrogens is 6. The fourth-order valence-electron chi connectivity index (χ4n) is 20.7. The maximum Gasteiger partial charge on any atom is 0.165 e. The molecule has 2 unspecified atom stereocenters. The molecule has 3 aliphatic carbocycles. The van der Waals surface area contributed by atoms with E-state index in [4.69, 9.17) is 20.0 Å². The first-order chi connectivity index (χ1) is 59.6. The number of hydrogen-bond donors (Lipinski definition) is 0. The van der Waals surface area contributed by atoms with Crippen molar-refractivity contribution in [2.75, 3.05) is 0 Å². The Morgan fingerprint density at radius 1 is 0.242 bits per heavy atom. The average Bonchev–Trinajstić information content (AvgIpc) is 1.54. The SMILES string of the molecule is C1=CC2N=C(c3ccccc3)C(n3c4cccc5c4c4c6c(cccc6ccc43)C(c3ccc4c(c3)c3ccccc3n4-c3ccccc3)=C5c3ccccc3)=NC2C=C1c1ccc2c(c1)c1ccccc1n2-c1ccc(C2=C(c3ccccc3)c3cccc4c3c3c5c2cccc5ccc3n4-c2nc3ccccc3nc2-c2ccccc2)cc1. The van der Waals surface area contributed by atoms with Crippen LogP contribution >= 0.6 is 0 Å². The van der Waals surface area contributed by atoms with Crippen molar-refractivity contribution in [3.05, 3.63) is 456 Å². The molecule has 0 N–H and O–H groups in total. The van der Waals surface area contributed by atoms with Gasteiger partial charge in [0.05, 0.1) is 67.3 Å². The van der Waals surface area contributed by atoms with Crippen molar-refractivity contribution >= 4 is 159 Å². The van der Waals surface area contributed by atoms with Gasteiger partial charge in [0.25, 0.3) is 0 Å². The van der Waals surface area contributed by atoms with Gasteiger partial charge in [0, 0.05) is 65.6 Å². The first-order valence-electron chi connectivity index (χ1n) is 41.3. The van der Waals surface area contributed by atoms with Crippen LogP contribution in [-0.2, 0) is 0 Å². The van der Waals surface area contributed by atoms with Gasteiger partial charge < -0.3 is 9.13 Å². The second-order valence-electron chi connectivity index (χ2n) is 32.1. The predicted octanol–water partition coefficient (Wildman–Crippen LogP) is 26.8. The number of allylic oxidation sites excluding steroid dienone is 2. The van der Waals surface area contributed by atoms with Gasteiger partial charge in [-0.1, -0.05) is 297 Å². The third-order valence-corrected chi connectivity index (χ3v) is 25.7. The molecule has 556 valence electrons. The molecule has 2 atom stereocenters. The largest absolute Gasteiger partial charge is 0.309 e. The van der Waals surface area contributed by atoms with Crippen LogP contribution in [0.25, 0.3) is 176 Å². The number of nitrogens with zero attached hydrogens (tertiary/aromatic N) is 8. The summed E-state index contributed by atoms with van der Waals surface area (Å²) in [6.07, 6.45) is 6.92. The van der Waals surface area contributed by atoms with Gasteiger partial charge in [-0.05, 0) is 203 Å². The summed E-state index contributed by atoms with van der Waals surface area (Å²) in [7, 11) is 0. The standard InChI is InChI=1S/C112H68N8/c1-6-26-67(27-7-1)99-83-42-24-48-95-105(83)107-97(119(95)111-109(72-30-10-3-11-31-72)113-87-44-18-19-45-88(87)115-111)62-53-69-34-22-40-81(102(69)107)101(99)71-50-57-78(58-51-71)118-92-47-21-16-38-79(92)85-64-74(55-60-93(85)118)75-52-59-89-90(66-75)116-112(110(114-89)73-32-12-4-13-33-73)120-96-49-25-43-84-100(68-28-8-2-9-29-68)104(82-41-23-35-70-54-63-98(120)108(103(70)82)106(84)96)76-56-61-94-86(65-76)80-39-17-20-46-91(80)117(94)77-36-14-5-15-37-77/h1-66,89-90H. The topological polar surface area (TPSA) is 70.2 Å². The molecule has 0 saturated heterocycles. The molecule has 6 heterocycles. The highest BCUT2D eigenvalue weighted by atomic mass is 15.1. The predicted molar refractivity (Wildman–Crippen MR) is 499 cm³/mol. The lowest BCUT2D eigenvalue weighted by Crippen LogP contribution is -2.36. The third-order valence-electron chi connectivity index (χ3n) is 25.7. The van der Waals surface area contributed by atoms with Crippen LogP contribution in [0.1, 0.15) is 55.6 Å². The molecule has 5 aromatic heterocycles. The summed E-state index contributed by atoms with van der Waals surface area (Å²) >= 11 is 0. The lowest BCUT2D eigenvalue weighted by Gasteiger charge is -2.28. The van der Waals surface area contributed by atoms with Crippen LogP contribution in [-0.4, -0.2) is 51.9 Å². The minimum Gasteiger partial charge on any atom is -0.309 e. The summed E-state index contributed by atoms with van der Waals surface area (Å²) in [4.78, 5) is 22.8. The minimum atomic E-state index is -0.309. The third kappa shape index (κ3) is 9.69. The zero-order valence-electron chi connectivity index (χ0n) is 64.8. The van der Waals surface area contributed by atoms with E-state index in [-0.39, 0.29) is 12.1 Å². The van der Waals surface area contributed by atoms with Crippen LogP contribution in [0.3, 0.4) is 0 Å². The van der Waals surface area contributed by atoms with E-state index in [0.29, 0.717) is 0 Å². The van der Waals surface area contributed by atoms with Gasteiger partial charge in [-0.2, -0.15) is 0 Å². The zero-order valence-corrected chi connectivity index (χ0v) is 64.8. The summed E-state index contributed by atoms with van der Waals surface area (Å²) in [6, 6.07) is 140. The first-order valence-corrected chi connectivity index (χ1v) is 41.3. The van der Waals surface area contributed by atoms with E-state index in [0.717, 1.165) is 118 Å². The monoisotopic (exact) mass is 1520 g/mol. The Balaban J connectivity index is 0.606.